The number of amides is 4. The molecule has 0 bridgehead atoms. The fourth-order valence-electron chi connectivity index (χ4n) is 3.57. The van der Waals surface area contributed by atoms with E-state index in [4.69, 9.17) is 9.47 Å². The Bertz CT molecular complexity index is 1370. The summed E-state index contributed by atoms with van der Waals surface area (Å²) in [7, 11) is 0. The number of aryl methyl sites for hydroxylation is 1. The molecule has 36 heavy (non-hydrogen) atoms. The normalized spacial score (nSPS) is 14.7. The molecule has 1 saturated heterocycles. The van der Waals surface area contributed by atoms with Gasteiger partial charge in [0.2, 0.25) is 0 Å². The Balaban J connectivity index is 1.61. The van der Waals surface area contributed by atoms with E-state index in [1.165, 1.54) is 6.08 Å². The third kappa shape index (κ3) is 5.68. The smallest absolute Gasteiger partial charge is 0.335 e. The highest BCUT2D eigenvalue weighted by Crippen LogP contribution is 2.31. The summed E-state index contributed by atoms with van der Waals surface area (Å²) in [6.07, 6.45) is 1.43. The molecule has 0 aliphatic carbocycles. The van der Waals surface area contributed by atoms with Crippen LogP contribution >= 0.6 is 31.9 Å². The van der Waals surface area contributed by atoms with Crippen molar-refractivity contribution in [3.63, 3.8) is 0 Å². The molecule has 1 aliphatic rings. The van der Waals surface area contributed by atoms with Crippen LogP contribution in [0.3, 0.4) is 0 Å². The van der Waals surface area contributed by atoms with Crippen LogP contribution in [0.1, 0.15) is 23.6 Å². The molecular weight excluding hydrogens is 592 g/mol. The molecule has 1 N–H and O–H groups in total. The second-order valence-corrected chi connectivity index (χ2v) is 9.72. The third-order valence-electron chi connectivity index (χ3n) is 5.39. The first kappa shape index (κ1) is 25.7. The van der Waals surface area contributed by atoms with Crippen molar-refractivity contribution in [2.45, 2.75) is 20.5 Å². The highest BCUT2D eigenvalue weighted by atomic mass is 79.9. The standard InChI is InChI=1S/C27H22Br2N2O5/c1-3-35-24-14-18(6-11-23(24)36-15-17-4-7-19(28)8-5-17)13-21-25(32)30-27(34)31(26(21)33)20-9-10-22(29)16(2)12-20/h4-14H,3,15H2,1-2H3,(H,30,32,34)/b21-13+. The van der Waals surface area contributed by atoms with Crippen LogP contribution in [0.2, 0.25) is 0 Å². The molecule has 0 saturated carbocycles. The molecule has 4 amide bonds. The number of carbonyl (C=O) groups is 3. The van der Waals surface area contributed by atoms with Crippen LogP contribution in [0.5, 0.6) is 11.5 Å². The monoisotopic (exact) mass is 612 g/mol. The van der Waals surface area contributed by atoms with Gasteiger partial charge in [-0.1, -0.05) is 50.1 Å². The minimum atomic E-state index is -0.796. The van der Waals surface area contributed by atoms with Crippen LogP contribution in [0.25, 0.3) is 6.08 Å². The first-order valence-electron chi connectivity index (χ1n) is 11.1. The van der Waals surface area contributed by atoms with E-state index in [0.29, 0.717) is 36.0 Å². The molecule has 0 spiro atoms. The lowest BCUT2D eigenvalue weighted by Crippen LogP contribution is -2.54. The number of anilines is 1. The molecule has 184 valence electrons. The molecule has 0 atom stereocenters. The van der Waals surface area contributed by atoms with Crippen molar-refractivity contribution >= 4 is 61.5 Å². The van der Waals surface area contributed by atoms with E-state index in [-0.39, 0.29) is 5.57 Å². The molecule has 1 aliphatic heterocycles. The van der Waals surface area contributed by atoms with Gasteiger partial charge in [-0.15, -0.1) is 0 Å². The summed E-state index contributed by atoms with van der Waals surface area (Å²) in [5.74, 6) is -0.463. The van der Waals surface area contributed by atoms with Gasteiger partial charge in [-0.2, -0.15) is 0 Å². The van der Waals surface area contributed by atoms with Gasteiger partial charge in [0.25, 0.3) is 11.8 Å². The number of benzene rings is 3. The van der Waals surface area contributed by atoms with Gasteiger partial charge in [-0.05, 0) is 79.1 Å². The third-order valence-corrected chi connectivity index (χ3v) is 6.81. The van der Waals surface area contributed by atoms with Gasteiger partial charge in [0.15, 0.2) is 11.5 Å². The number of hydrogen-bond donors (Lipinski definition) is 1. The topological polar surface area (TPSA) is 84.9 Å². The Morgan fingerprint density at radius 1 is 0.917 bits per heavy atom. The van der Waals surface area contributed by atoms with Crippen molar-refractivity contribution in [3.8, 4) is 11.5 Å². The van der Waals surface area contributed by atoms with E-state index >= 15 is 0 Å². The summed E-state index contributed by atoms with van der Waals surface area (Å²) in [6, 6.07) is 17.2. The van der Waals surface area contributed by atoms with Crippen molar-refractivity contribution in [2.75, 3.05) is 11.5 Å². The Morgan fingerprint density at radius 3 is 2.36 bits per heavy atom. The van der Waals surface area contributed by atoms with Gasteiger partial charge in [0, 0.05) is 8.95 Å². The van der Waals surface area contributed by atoms with Gasteiger partial charge < -0.3 is 9.47 Å². The number of ether oxygens (including phenoxy) is 2. The first-order valence-corrected chi connectivity index (χ1v) is 12.7. The van der Waals surface area contributed by atoms with Gasteiger partial charge in [0.05, 0.1) is 12.3 Å². The van der Waals surface area contributed by atoms with E-state index in [0.717, 1.165) is 25.0 Å². The Morgan fingerprint density at radius 2 is 1.67 bits per heavy atom. The molecule has 4 rings (SSSR count). The summed E-state index contributed by atoms with van der Waals surface area (Å²) in [5.41, 5.74) is 2.58. The number of barbiturate groups is 1. The van der Waals surface area contributed by atoms with Crippen molar-refractivity contribution < 1.29 is 23.9 Å². The maximum Gasteiger partial charge on any atom is 0.335 e. The fraction of sp³-hybridized carbons (Fsp3) is 0.148. The number of urea groups is 1. The second-order valence-electron chi connectivity index (χ2n) is 7.95. The lowest BCUT2D eigenvalue weighted by Gasteiger charge is -2.26. The van der Waals surface area contributed by atoms with Crippen molar-refractivity contribution in [2.24, 2.45) is 0 Å². The minimum Gasteiger partial charge on any atom is -0.490 e. The quantitative estimate of drug-likeness (QED) is 0.255. The molecule has 3 aromatic carbocycles. The van der Waals surface area contributed by atoms with Crippen LogP contribution in [0, 0.1) is 6.92 Å². The molecule has 9 heteroatoms. The van der Waals surface area contributed by atoms with Gasteiger partial charge in [-0.3, -0.25) is 14.9 Å². The predicted octanol–water partition coefficient (Wildman–Crippen LogP) is 6.16. The maximum absolute atomic E-state index is 13.2. The van der Waals surface area contributed by atoms with Crippen LogP contribution < -0.4 is 19.7 Å². The second kappa shape index (κ2) is 11.1. The molecule has 0 aromatic heterocycles. The predicted molar refractivity (Wildman–Crippen MR) is 144 cm³/mol. The van der Waals surface area contributed by atoms with Crippen LogP contribution in [0.15, 0.2) is 75.2 Å². The SMILES string of the molecule is CCOc1cc(/C=C2\C(=O)NC(=O)N(c3ccc(Br)c(C)c3)C2=O)ccc1OCc1ccc(Br)cc1. The maximum atomic E-state index is 13.2. The molecule has 1 fully saturated rings. The number of nitrogens with one attached hydrogen (secondary N) is 1. The summed E-state index contributed by atoms with van der Waals surface area (Å²) in [4.78, 5) is 39.2. The molecular formula is C27H22Br2N2O5. The summed E-state index contributed by atoms with van der Waals surface area (Å²) < 4.78 is 13.5. The van der Waals surface area contributed by atoms with E-state index in [9.17, 15) is 14.4 Å². The highest BCUT2D eigenvalue weighted by molar-refractivity contribution is 9.10. The summed E-state index contributed by atoms with van der Waals surface area (Å²) >= 11 is 6.82. The van der Waals surface area contributed by atoms with Gasteiger partial charge >= 0.3 is 6.03 Å². The highest BCUT2D eigenvalue weighted by Gasteiger charge is 2.37. The van der Waals surface area contributed by atoms with Crippen LogP contribution in [-0.2, 0) is 16.2 Å². The van der Waals surface area contributed by atoms with Crippen LogP contribution in [-0.4, -0.2) is 24.5 Å². The fourth-order valence-corrected chi connectivity index (χ4v) is 4.08. The Hall–Kier alpha value is -3.43. The molecule has 1 heterocycles. The van der Waals surface area contributed by atoms with E-state index in [1.807, 2.05) is 38.1 Å². The van der Waals surface area contributed by atoms with E-state index in [2.05, 4.69) is 37.2 Å². The zero-order valence-corrected chi connectivity index (χ0v) is 22.7. The number of halogens is 2. The number of nitrogens with zero attached hydrogens (tertiary/aromatic N) is 1. The number of rotatable bonds is 7. The van der Waals surface area contributed by atoms with Crippen molar-refractivity contribution in [3.05, 3.63) is 91.9 Å². The summed E-state index contributed by atoms with van der Waals surface area (Å²) in [5, 5.41) is 2.24. The Labute approximate surface area is 225 Å². The molecule has 0 radical (unpaired) electrons. The van der Waals surface area contributed by atoms with Gasteiger partial charge in [0.1, 0.15) is 12.2 Å². The first-order chi connectivity index (χ1) is 17.3. The Kier molecular flexibility index (Phi) is 7.91. The van der Waals surface area contributed by atoms with E-state index in [1.54, 1.807) is 36.4 Å². The zero-order chi connectivity index (χ0) is 25.8. The molecule has 0 unspecified atom stereocenters. The van der Waals surface area contributed by atoms with Gasteiger partial charge in [-0.25, -0.2) is 9.69 Å². The lowest BCUT2D eigenvalue weighted by atomic mass is 10.1. The van der Waals surface area contributed by atoms with E-state index < -0.39 is 17.8 Å². The lowest BCUT2D eigenvalue weighted by molar-refractivity contribution is -0.122. The van der Waals surface area contributed by atoms with Crippen molar-refractivity contribution in [1.82, 2.24) is 5.32 Å². The zero-order valence-electron chi connectivity index (χ0n) is 19.5. The number of hydrogen-bond acceptors (Lipinski definition) is 5. The van der Waals surface area contributed by atoms with Crippen molar-refractivity contribution in [1.29, 1.82) is 0 Å². The molecule has 3 aromatic rings. The minimum absolute atomic E-state index is 0.166. The largest absolute Gasteiger partial charge is 0.490 e. The van der Waals surface area contributed by atoms with Crippen LogP contribution in [0.4, 0.5) is 10.5 Å². The number of carbonyl (C=O) groups excluding carboxylic acids is 3. The number of imide groups is 2. The molecule has 7 nitrogen and oxygen atoms in total. The average Bonchev–Trinajstić information content (AvgIpc) is 2.84. The summed E-state index contributed by atoms with van der Waals surface area (Å²) in [6.45, 7) is 4.44. The average molecular weight is 614 g/mol.